The number of carbonyl (C=O) groups is 1. The van der Waals surface area contributed by atoms with Crippen LogP contribution in [0.5, 0.6) is 0 Å². The van der Waals surface area contributed by atoms with Crippen LogP contribution in [0.15, 0.2) is 53.4 Å². The maximum absolute atomic E-state index is 12.4. The van der Waals surface area contributed by atoms with Gasteiger partial charge in [-0.05, 0) is 42.5 Å². The summed E-state index contributed by atoms with van der Waals surface area (Å²) in [5.74, 6) is -0.573. The SMILES string of the molecule is COC(=O)c1ccc(S(=O)(=O)Nc2cccc(NS(C)(=O)=O)c2)cc1. The van der Waals surface area contributed by atoms with Crippen LogP contribution in [0, 0.1) is 0 Å². The van der Waals surface area contributed by atoms with E-state index in [9.17, 15) is 21.6 Å². The largest absolute Gasteiger partial charge is 0.465 e. The van der Waals surface area contributed by atoms with Crippen molar-refractivity contribution in [3.63, 3.8) is 0 Å². The number of hydrogen-bond donors (Lipinski definition) is 2. The number of esters is 1. The Bertz CT molecular complexity index is 983. The van der Waals surface area contributed by atoms with Gasteiger partial charge in [0.1, 0.15) is 0 Å². The van der Waals surface area contributed by atoms with Crippen molar-refractivity contribution in [1.82, 2.24) is 0 Å². The van der Waals surface area contributed by atoms with E-state index in [0.29, 0.717) is 0 Å². The summed E-state index contributed by atoms with van der Waals surface area (Å²) in [5, 5.41) is 0. The zero-order chi connectivity index (χ0) is 18.7. The van der Waals surface area contributed by atoms with Crippen LogP contribution in [-0.4, -0.2) is 36.2 Å². The summed E-state index contributed by atoms with van der Waals surface area (Å²) in [4.78, 5) is 11.3. The molecule has 0 aliphatic carbocycles. The summed E-state index contributed by atoms with van der Waals surface area (Å²) in [6, 6.07) is 11.0. The zero-order valence-corrected chi connectivity index (χ0v) is 15.0. The van der Waals surface area contributed by atoms with E-state index in [1.165, 1.54) is 55.6 Å². The molecule has 0 saturated carbocycles. The van der Waals surface area contributed by atoms with Crippen molar-refractivity contribution in [3.05, 3.63) is 54.1 Å². The van der Waals surface area contributed by atoms with Gasteiger partial charge >= 0.3 is 5.97 Å². The molecule has 0 fully saturated rings. The number of carbonyl (C=O) groups excluding carboxylic acids is 1. The van der Waals surface area contributed by atoms with Crippen LogP contribution < -0.4 is 9.44 Å². The Morgan fingerprint density at radius 3 is 2.00 bits per heavy atom. The molecule has 2 aromatic rings. The summed E-state index contributed by atoms with van der Waals surface area (Å²) in [6.45, 7) is 0. The molecule has 0 aliphatic rings. The minimum Gasteiger partial charge on any atom is -0.465 e. The normalized spacial score (nSPS) is 11.6. The van der Waals surface area contributed by atoms with E-state index in [-0.39, 0.29) is 21.8 Å². The van der Waals surface area contributed by atoms with Crippen molar-refractivity contribution in [2.45, 2.75) is 4.90 Å². The highest BCUT2D eigenvalue weighted by molar-refractivity contribution is 7.92. The summed E-state index contributed by atoms with van der Waals surface area (Å²) in [6.07, 6.45) is 0.993. The van der Waals surface area contributed by atoms with Crippen LogP contribution in [0.1, 0.15) is 10.4 Å². The fourth-order valence-corrected chi connectivity index (χ4v) is 3.57. The standard InChI is InChI=1S/C15H16N2O6S2/c1-23-15(18)11-6-8-14(9-7-11)25(21,22)17-13-5-3-4-12(10-13)16-24(2,19)20/h3-10,16-17H,1-2H3. The average Bonchev–Trinajstić information content (AvgIpc) is 2.52. The topological polar surface area (TPSA) is 119 Å². The maximum atomic E-state index is 12.4. The molecule has 0 spiro atoms. The highest BCUT2D eigenvalue weighted by Gasteiger charge is 2.16. The number of rotatable bonds is 6. The van der Waals surface area contributed by atoms with Crippen molar-refractivity contribution in [1.29, 1.82) is 0 Å². The first kappa shape index (κ1) is 18.7. The van der Waals surface area contributed by atoms with E-state index < -0.39 is 26.0 Å². The summed E-state index contributed by atoms with van der Waals surface area (Å²) in [7, 11) is -6.15. The minimum absolute atomic E-state index is 0.0540. The molecule has 25 heavy (non-hydrogen) atoms. The van der Waals surface area contributed by atoms with Gasteiger partial charge in [0, 0.05) is 0 Å². The molecule has 0 amide bonds. The third-order valence-electron chi connectivity index (χ3n) is 3.00. The molecular weight excluding hydrogens is 368 g/mol. The van der Waals surface area contributed by atoms with E-state index in [1.54, 1.807) is 0 Å². The van der Waals surface area contributed by atoms with Gasteiger partial charge in [0.25, 0.3) is 10.0 Å². The van der Waals surface area contributed by atoms with E-state index in [1.807, 2.05) is 0 Å². The number of anilines is 2. The predicted octanol–water partition coefficient (Wildman–Crippen LogP) is 1.65. The molecule has 10 heteroatoms. The van der Waals surface area contributed by atoms with E-state index in [4.69, 9.17) is 0 Å². The monoisotopic (exact) mass is 384 g/mol. The van der Waals surface area contributed by atoms with E-state index >= 15 is 0 Å². The highest BCUT2D eigenvalue weighted by Crippen LogP contribution is 2.20. The molecule has 0 radical (unpaired) electrons. The Balaban J connectivity index is 2.24. The van der Waals surface area contributed by atoms with Gasteiger partial charge in [-0.1, -0.05) is 6.07 Å². The molecule has 0 unspecified atom stereocenters. The maximum Gasteiger partial charge on any atom is 0.337 e. The van der Waals surface area contributed by atoms with Crippen LogP contribution in [0.4, 0.5) is 11.4 Å². The lowest BCUT2D eigenvalue weighted by molar-refractivity contribution is 0.0600. The van der Waals surface area contributed by atoms with E-state index in [0.717, 1.165) is 6.26 Å². The van der Waals surface area contributed by atoms with Gasteiger partial charge in [0.05, 0.1) is 35.2 Å². The van der Waals surface area contributed by atoms with Crippen molar-refractivity contribution in [2.75, 3.05) is 22.8 Å². The predicted molar refractivity (Wildman–Crippen MR) is 93.5 cm³/mol. The van der Waals surface area contributed by atoms with Crippen molar-refractivity contribution in [3.8, 4) is 0 Å². The van der Waals surface area contributed by atoms with Gasteiger partial charge in [-0.3, -0.25) is 9.44 Å². The molecule has 2 aromatic carbocycles. The van der Waals surface area contributed by atoms with Crippen molar-refractivity contribution in [2.24, 2.45) is 0 Å². The van der Waals surface area contributed by atoms with Crippen LogP contribution in [0.3, 0.4) is 0 Å². The molecule has 0 heterocycles. The fraction of sp³-hybridized carbons (Fsp3) is 0.133. The van der Waals surface area contributed by atoms with E-state index in [2.05, 4.69) is 14.2 Å². The molecule has 0 bridgehead atoms. The number of ether oxygens (including phenoxy) is 1. The molecule has 0 atom stereocenters. The number of nitrogens with one attached hydrogen (secondary N) is 2. The second-order valence-corrected chi connectivity index (χ2v) is 8.51. The molecular formula is C15H16N2O6S2. The molecule has 0 aliphatic heterocycles. The zero-order valence-electron chi connectivity index (χ0n) is 13.4. The first-order valence-corrected chi connectivity index (χ1v) is 10.3. The summed E-state index contributed by atoms with van der Waals surface area (Å²) >= 11 is 0. The number of hydrogen-bond acceptors (Lipinski definition) is 6. The second kappa shape index (κ2) is 7.11. The molecule has 8 nitrogen and oxygen atoms in total. The van der Waals surface area contributed by atoms with Gasteiger partial charge in [-0.25, -0.2) is 21.6 Å². The minimum atomic E-state index is -3.90. The van der Waals surface area contributed by atoms with Gasteiger partial charge in [0.15, 0.2) is 0 Å². The van der Waals surface area contributed by atoms with Gasteiger partial charge in [-0.2, -0.15) is 0 Å². The Morgan fingerprint density at radius 2 is 1.48 bits per heavy atom. The molecule has 134 valence electrons. The van der Waals surface area contributed by atoms with Crippen molar-refractivity contribution >= 4 is 37.4 Å². The number of benzene rings is 2. The number of methoxy groups -OCH3 is 1. The smallest absolute Gasteiger partial charge is 0.337 e. The highest BCUT2D eigenvalue weighted by atomic mass is 32.2. The fourth-order valence-electron chi connectivity index (χ4n) is 1.96. The Hall–Kier alpha value is -2.59. The molecule has 0 saturated heterocycles. The quantitative estimate of drug-likeness (QED) is 0.731. The Morgan fingerprint density at radius 1 is 0.920 bits per heavy atom. The lowest BCUT2D eigenvalue weighted by atomic mass is 10.2. The Labute approximate surface area is 145 Å². The third kappa shape index (κ3) is 5.19. The first-order chi connectivity index (χ1) is 11.6. The second-order valence-electron chi connectivity index (χ2n) is 5.08. The molecule has 2 N–H and O–H groups in total. The van der Waals surface area contributed by atoms with Gasteiger partial charge in [-0.15, -0.1) is 0 Å². The lowest BCUT2D eigenvalue weighted by Crippen LogP contribution is -2.14. The van der Waals surface area contributed by atoms with Crippen LogP contribution in [0.25, 0.3) is 0 Å². The van der Waals surface area contributed by atoms with Crippen LogP contribution in [-0.2, 0) is 24.8 Å². The first-order valence-electron chi connectivity index (χ1n) is 6.90. The van der Waals surface area contributed by atoms with Crippen LogP contribution in [0.2, 0.25) is 0 Å². The van der Waals surface area contributed by atoms with Gasteiger partial charge < -0.3 is 4.74 Å². The third-order valence-corrected chi connectivity index (χ3v) is 5.01. The van der Waals surface area contributed by atoms with Crippen LogP contribution >= 0.6 is 0 Å². The lowest BCUT2D eigenvalue weighted by Gasteiger charge is -2.10. The summed E-state index contributed by atoms with van der Waals surface area (Å²) in [5.41, 5.74) is 0.634. The van der Waals surface area contributed by atoms with Crippen molar-refractivity contribution < 1.29 is 26.4 Å². The number of sulfonamides is 2. The molecule has 2 rings (SSSR count). The average molecular weight is 384 g/mol. The van der Waals surface area contributed by atoms with Gasteiger partial charge in [0.2, 0.25) is 10.0 Å². The Kier molecular flexibility index (Phi) is 5.33. The molecule has 0 aromatic heterocycles. The summed E-state index contributed by atoms with van der Waals surface area (Å²) < 4.78 is 56.4.